The number of hydrogen-bond acceptors (Lipinski definition) is 4. The van der Waals surface area contributed by atoms with E-state index >= 15 is 0 Å². The maximum Gasteiger partial charge on any atom is 0.335 e. The molecule has 1 fully saturated rings. The summed E-state index contributed by atoms with van der Waals surface area (Å²) in [6, 6.07) is 6.74. The van der Waals surface area contributed by atoms with Crippen LogP contribution in [0.3, 0.4) is 0 Å². The number of carboxylic acid groups (broad SMARTS) is 1. The van der Waals surface area contributed by atoms with Crippen LogP contribution in [0.15, 0.2) is 29.2 Å². The first-order valence-corrected chi connectivity index (χ1v) is 8.36. The van der Waals surface area contributed by atoms with Crippen molar-refractivity contribution in [3.8, 4) is 0 Å². The van der Waals surface area contributed by atoms with E-state index < -0.39 is 16.8 Å². The molecule has 5 nitrogen and oxygen atoms in total. The molecule has 1 aromatic rings. The van der Waals surface area contributed by atoms with Crippen LogP contribution < -0.4 is 0 Å². The molecule has 1 heterocycles. The van der Waals surface area contributed by atoms with Crippen molar-refractivity contribution < 1.29 is 18.8 Å². The highest BCUT2D eigenvalue weighted by Crippen LogP contribution is 2.15. The van der Waals surface area contributed by atoms with Crippen LogP contribution >= 0.6 is 0 Å². The smallest absolute Gasteiger partial charge is 0.335 e. The van der Waals surface area contributed by atoms with Crippen LogP contribution in [0, 0.1) is 0 Å². The maximum absolute atomic E-state index is 12.4. The van der Waals surface area contributed by atoms with Crippen LogP contribution in [0.5, 0.6) is 0 Å². The molecule has 116 valence electrons. The van der Waals surface area contributed by atoms with Gasteiger partial charge in [-0.05, 0) is 32.0 Å². The largest absolute Gasteiger partial charge is 0.478 e. The molecule has 0 saturated carbocycles. The minimum absolute atomic E-state index is 0.0736. The standard InChI is InChI=1S/C15H21NO4S/c1-11(2)16-6-7-20-13(9-16)10-21(19)14-5-3-4-12(8-14)15(17)18/h3-5,8,11,13H,6-7,9-10H2,1-2H3,(H,17,18). The molecule has 1 aliphatic heterocycles. The van der Waals surface area contributed by atoms with Gasteiger partial charge in [0, 0.05) is 24.0 Å². The topological polar surface area (TPSA) is 66.8 Å². The minimum Gasteiger partial charge on any atom is -0.478 e. The molecule has 0 spiro atoms. The summed E-state index contributed by atoms with van der Waals surface area (Å²) in [5, 5.41) is 8.98. The quantitative estimate of drug-likeness (QED) is 0.895. The Balaban J connectivity index is 2.01. The van der Waals surface area contributed by atoms with Gasteiger partial charge in [-0.3, -0.25) is 9.11 Å². The van der Waals surface area contributed by atoms with E-state index in [4.69, 9.17) is 9.84 Å². The van der Waals surface area contributed by atoms with Crippen LogP contribution in [0.1, 0.15) is 24.2 Å². The summed E-state index contributed by atoms with van der Waals surface area (Å²) in [4.78, 5) is 13.8. The Bertz CT molecular complexity index is 532. The van der Waals surface area contributed by atoms with Gasteiger partial charge in [0.05, 0.1) is 34.8 Å². The van der Waals surface area contributed by atoms with E-state index in [2.05, 4.69) is 18.7 Å². The zero-order chi connectivity index (χ0) is 15.4. The van der Waals surface area contributed by atoms with E-state index in [0.717, 1.165) is 13.1 Å². The average Bonchev–Trinajstić information content (AvgIpc) is 2.47. The first kappa shape index (κ1) is 16.1. The first-order chi connectivity index (χ1) is 9.97. The van der Waals surface area contributed by atoms with Gasteiger partial charge in [0.15, 0.2) is 0 Å². The molecule has 21 heavy (non-hydrogen) atoms. The van der Waals surface area contributed by atoms with Gasteiger partial charge in [0.2, 0.25) is 0 Å². The minimum atomic E-state index is -1.25. The van der Waals surface area contributed by atoms with Crippen molar-refractivity contribution in [3.63, 3.8) is 0 Å². The van der Waals surface area contributed by atoms with Crippen molar-refractivity contribution in [2.75, 3.05) is 25.4 Å². The molecule has 0 radical (unpaired) electrons. The van der Waals surface area contributed by atoms with E-state index in [1.807, 2.05) is 0 Å². The molecular formula is C15H21NO4S. The van der Waals surface area contributed by atoms with E-state index in [1.165, 1.54) is 12.1 Å². The zero-order valence-corrected chi connectivity index (χ0v) is 13.1. The number of hydrogen-bond donors (Lipinski definition) is 1. The Morgan fingerprint density at radius 2 is 2.29 bits per heavy atom. The summed E-state index contributed by atoms with van der Waals surface area (Å²) < 4.78 is 18.1. The predicted octanol–water partition coefficient (Wildman–Crippen LogP) is 1.60. The molecule has 1 N–H and O–H groups in total. The normalized spacial score (nSPS) is 21.4. The number of aromatic carboxylic acids is 1. The molecule has 2 rings (SSSR count). The number of rotatable bonds is 5. The van der Waals surface area contributed by atoms with E-state index in [1.54, 1.807) is 12.1 Å². The summed E-state index contributed by atoms with van der Waals surface area (Å²) in [6.45, 7) is 6.58. The van der Waals surface area contributed by atoms with Crippen LogP contribution in [0.25, 0.3) is 0 Å². The predicted molar refractivity (Wildman–Crippen MR) is 81.1 cm³/mol. The Kier molecular flexibility index (Phi) is 5.50. The second-order valence-corrected chi connectivity index (χ2v) is 6.92. The molecular weight excluding hydrogens is 290 g/mol. The van der Waals surface area contributed by atoms with Gasteiger partial charge in [-0.25, -0.2) is 4.79 Å². The molecule has 2 atom stereocenters. The van der Waals surface area contributed by atoms with Crippen LogP contribution in [0.2, 0.25) is 0 Å². The van der Waals surface area contributed by atoms with Crippen molar-refractivity contribution in [2.24, 2.45) is 0 Å². The van der Waals surface area contributed by atoms with Gasteiger partial charge in [0.1, 0.15) is 0 Å². The van der Waals surface area contributed by atoms with Gasteiger partial charge >= 0.3 is 5.97 Å². The lowest BCUT2D eigenvalue weighted by Gasteiger charge is -2.35. The Morgan fingerprint density at radius 3 is 2.95 bits per heavy atom. The second kappa shape index (κ2) is 7.15. The Hall–Kier alpha value is -1.24. The summed E-state index contributed by atoms with van der Waals surface area (Å²) >= 11 is 0. The van der Waals surface area contributed by atoms with E-state index in [9.17, 15) is 9.00 Å². The van der Waals surface area contributed by atoms with Gasteiger partial charge in [-0.2, -0.15) is 0 Å². The highest BCUT2D eigenvalue weighted by atomic mass is 32.2. The molecule has 0 amide bonds. The Morgan fingerprint density at radius 1 is 1.52 bits per heavy atom. The fourth-order valence-electron chi connectivity index (χ4n) is 2.35. The van der Waals surface area contributed by atoms with Gasteiger partial charge in [-0.1, -0.05) is 6.07 Å². The van der Waals surface area contributed by atoms with E-state index in [0.29, 0.717) is 23.3 Å². The summed E-state index contributed by atoms with van der Waals surface area (Å²) in [7, 11) is -1.25. The molecule has 0 aliphatic carbocycles. The molecule has 1 aliphatic rings. The fraction of sp³-hybridized carbons (Fsp3) is 0.533. The van der Waals surface area contributed by atoms with Gasteiger partial charge in [-0.15, -0.1) is 0 Å². The van der Waals surface area contributed by atoms with Gasteiger partial charge < -0.3 is 9.84 Å². The molecule has 1 aromatic carbocycles. The van der Waals surface area contributed by atoms with Crippen molar-refractivity contribution >= 4 is 16.8 Å². The fourth-order valence-corrected chi connectivity index (χ4v) is 3.57. The summed E-state index contributed by atoms with van der Waals surface area (Å²) in [6.07, 6.45) is -0.0736. The highest BCUT2D eigenvalue weighted by molar-refractivity contribution is 7.85. The number of ether oxygens (including phenoxy) is 1. The molecule has 1 saturated heterocycles. The zero-order valence-electron chi connectivity index (χ0n) is 12.3. The lowest BCUT2D eigenvalue weighted by Crippen LogP contribution is -2.47. The van der Waals surface area contributed by atoms with Crippen molar-refractivity contribution in [3.05, 3.63) is 29.8 Å². The molecule has 0 aromatic heterocycles. The lowest BCUT2D eigenvalue weighted by atomic mass is 10.2. The highest BCUT2D eigenvalue weighted by Gasteiger charge is 2.24. The third-order valence-electron chi connectivity index (χ3n) is 3.58. The molecule has 2 unspecified atom stereocenters. The molecule has 0 bridgehead atoms. The van der Waals surface area contributed by atoms with Crippen LogP contribution in [-0.2, 0) is 15.5 Å². The first-order valence-electron chi connectivity index (χ1n) is 7.04. The lowest BCUT2D eigenvalue weighted by molar-refractivity contribution is -0.0268. The number of nitrogens with zero attached hydrogens (tertiary/aromatic N) is 1. The third kappa shape index (κ3) is 4.36. The number of benzene rings is 1. The molecule has 6 heteroatoms. The summed E-state index contributed by atoms with van der Waals surface area (Å²) in [5.74, 6) is -0.611. The number of morpholine rings is 1. The average molecular weight is 311 g/mol. The van der Waals surface area contributed by atoms with Crippen LogP contribution in [-0.4, -0.2) is 57.8 Å². The monoisotopic (exact) mass is 311 g/mol. The van der Waals surface area contributed by atoms with Crippen LogP contribution in [0.4, 0.5) is 0 Å². The third-order valence-corrected chi connectivity index (χ3v) is 5.04. The van der Waals surface area contributed by atoms with E-state index in [-0.39, 0.29) is 11.7 Å². The Labute approximate surface area is 127 Å². The number of carbonyl (C=O) groups is 1. The summed E-state index contributed by atoms with van der Waals surface area (Å²) in [5.41, 5.74) is 0.161. The maximum atomic E-state index is 12.4. The SMILES string of the molecule is CC(C)N1CCOC(CS(=O)c2cccc(C(=O)O)c2)C1. The van der Waals surface area contributed by atoms with Crippen molar-refractivity contribution in [1.29, 1.82) is 0 Å². The number of carboxylic acids is 1. The second-order valence-electron chi connectivity index (χ2n) is 5.43. The van der Waals surface area contributed by atoms with Gasteiger partial charge in [0.25, 0.3) is 0 Å². The van der Waals surface area contributed by atoms with Crippen molar-refractivity contribution in [1.82, 2.24) is 4.90 Å². The van der Waals surface area contributed by atoms with Crippen molar-refractivity contribution in [2.45, 2.75) is 30.9 Å².